The van der Waals surface area contributed by atoms with Crippen LogP contribution in [0.2, 0.25) is 5.15 Å². The molecule has 0 saturated carbocycles. The van der Waals surface area contributed by atoms with E-state index in [0.717, 1.165) is 0 Å². The number of hydrogen-bond acceptors (Lipinski definition) is 5. The molecule has 0 radical (unpaired) electrons. The van der Waals surface area contributed by atoms with Crippen molar-refractivity contribution < 1.29 is 23.4 Å². The van der Waals surface area contributed by atoms with Gasteiger partial charge < -0.3 is 9.84 Å². The third-order valence-electron chi connectivity index (χ3n) is 4.37. The van der Waals surface area contributed by atoms with Gasteiger partial charge >= 0.3 is 5.97 Å². The Bertz CT molecular complexity index is 894. The lowest BCUT2D eigenvalue weighted by molar-refractivity contribution is 0.0522. The molecule has 1 aliphatic carbocycles. The van der Waals surface area contributed by atoms with E-state index in [2.05, 4.69) is 10.1 Å². The first-order valence-electron chi connectivity index (χ1n) is 8.70. The Balaban J connectivity index is 1.81. The van der Waals surface area contributed by atoms with E-state index in [0.29, 0.717) is 23.6 Å². The Morgan fingerprint density at radius 2 is 2.21 bits per heavy atom. The van der Waals surface area contributed by atoms with Crippen LogP contribution in [-0.2, 0) is 11.3 Å². The molecule has 0 aliphatic heterocycles. The molecule has 0 aromatic carbocycles. The summed E-state index contributed by atoms with van der Waals surface area (Å²) < 4.78 is 33.3. The fourth-order valence-corrected chi connectivity index (χ4v) is 3.32. The molecule has 0 bridgehead atoms. The van der Waals surface area contributed by atoms with Crippen LogP contribution in [0.3, 0.4) is 0 Å². The molecule has 2 heterocycles. The summed E-state index contributed by atoms with van der Waals surface area (Å²) in [5.74, 6) is -0.657. The zero-order chi connectivity index (χ0) is 20.5. The van der Waals surface area contributed by atoms with Crippen LogP contribution < -0.4 is 0 Å². The number of ether oxygens (including phenoxy) is 1. The highest BCUT2D eigenvalue weighted by Crippen LogP contribution is 2.36. The summed E-state index contributed by atoms with van der Waals surface area (Å²) in [6.07, 6.45) is 1.43. The Morgan fingerprint density at radius 1 is 1.46 bits per heavy atom. The Morgan fingerprint density at radius 3 is 2.82 bits per heavy atom. The number of carbonyl (C=O) groups excluding carboxylic acids is 1. The molecule has 0 fully saturated rings. The Hall–Kier alpha value is -2.32. The number of aromatic nitrogens is 3. The molecule has 9 heteroatoms. The molecule has 6 nitrogen and oxygen atoms in total. The molecule has 1 aliphatic rings. The van der Waals surface area contributed by atoms with E-state index in [1.807, 2.05) is 13.8 Å². The SMILES string of the molecule is CC1(C)CC(OC(=O)c2cn(Cc3ccc(Cl)nc3)nc2C(F)F)=CC(O)C1. The quantitative estimate of drug-likeness (QED) is 0.591. The van der Waals surface area contributed by atoms with Gasteiger partial charge in [0.25, 0.3) is 6.43 Å². The number of halogens is 3. The first-order valence-corrected chi connectivity index (χ1v) is 9.07. The number of aliphatic hydroxyl groups is 1. The maximum atomic E-state index is 13.4. The van der Waals surface area contributed by atoms with Gasteiger partial charge in [-0.25, -0.2) is 18.6 Å². The summed E-state index contributed by atoms with van der Waals surface area (Å²) in [4.78, 5) is 16.4. The van der Waals surface area contributed by atoms with Gasteiger partial charge in [0.15, 0.2) is 0 Å². The molecule has 28 heavy (non-hydrogen) atoms. The lowest BCUT2D eigenvalue weighted by Gasteiger charge is -2.31. The van der Waals surface area contributed by atoms with E-state index >= 15 is 0 Å². The van der Waals surface area contributed by atoms with Crippen LogP contribution >= 0.6 is 11.6 Å². The maximum Gasteiger partial charge on any atom is 0.346 e. The number of rotatable bonds is 5. The van der Waals surface area contributed by atoms with E-state index in [-0.39, 0.29) is 23.3 Å². The minimum absolute atomic E-state index is 0.144. The predicted octanol–water partition coefficient (Wildman–Crippen LogP) is 4.14. The number of allylic oxidation sites excluding steroid dienone is 1. The van der Waals surface area contributed by atoms with E-state index in [1.165, 1.54) is 23.2 Å². The van der Waals surface area contributed by atoms with Crippen molar-refractivity contribution in [3.05, 3.63) is 58.3 Å². The lowest BCUT2D eigenvalue weighted by atomic mass is 9.79. The smallest absolute Gasteiger partial charge is 0.346 e. The summed E-state index contributed by atoms with van der Waals surface area (Å²) in [6, 6.07) is 3.26. The number of aliphatic hydroxyl groups excluding tert-OH is 1. The highest BCUT2D eigenvalue weighted by Gasteiger charge is 2.31. The van der Waals surface area contributed by atoms with Crippen molar-refractivity contribution in [2.24, 2.45) is 5.41 Å². The zero-order valence-corrected chi connectivity index (χ0v) is 16.2. The first kappa shape index (κ1) is 20.4. The highest BCUT2D eigenvalue weighted by atomic mass is 35.5. The van der Waals surface area contributed by atoms with Crippen LogP contribution in [0.1, 0.15) is 54.7 Å². The minimum Gasteiger partial charge on any atom is -0.428 e. The van der Waals surface area contributed by atoms with Gasteiger partial charge in [-0.15, -0.1) is 0 Å². The predicted molar refractivity (Wildman–Crippen MR) is 98.1 cm³/mol. The molecule has 150 valence electrons. The van der Waals surface area contributed by atoms with E-state index in [9.17, 15) is 18.7 Å². The fraction of sp³-hybridized carbons (Fsp3) is 0.421. The number of hydrogen-bond donors (Lipinski definition) is 1. The van der Waals surface area contributed by atoms with Crippen molar-refractivity contribution in [2.75, 3.05) is 0 Å². The lowest BCUT2D eigenvalue weighted by Crippen LogP contribution is -2.26. The zero-order valence-electron chi connectivity index (χ0n) is 15.4. The minimum atomic E-state index is -2.94. The highest BCUT2D eigenvalue weighted by molar-refractivity contribution is 6.29. The molecule has 1 atom stereocenters. The Kier molecular flexibility index (Phi) is 5.81. The molecule has 2 aromatic heterocycles. The van der Waals surface area contributed by atoms with Gasteiger partial charge in [0, 0.05) is 18.8 Å². The van der Waals surface area contributed by atoms with Gasteiger partial charge in [-0.2, -0.15) is 5.10 Å². The van der Waals surface area contributed by atoms with Crippen molar-refractivity contribution in [1.82, 2.24) is 14.8 Å². The van der Waals surface area contributed by atoms with Crippen LogP contribution in [0.5, 0.6) is 0 Å². The molecular formula is C19H20ClF2N3O3. The number of nitrogens with zero attached hydrogens (tertiary/aromatic N) is 3. The maximum absolute atomic E-state index is 13.4. The number of pyridine rings is 1. The molecule has 0 saturated heterocycles. The van der Waals surface area contributed by atoms with E-state index in [1.54, 1.807) is 12.1 Å². The van der Waals surface area contributed by atoms with Crippen molar-refractivity contribution in [3.8, 4) is 0 Å². The molecule has 2 aromatic rings. The van der Waals surface area contributed by atoms with Crippen molar-refractivity contribution in [3.63, 3.8) is 0 Å². The molecule has 1 unspecified atom stereocenters. The second-order valence-corrected chi connectivity index (χ2v) is 7.94. The summed E-state index contributed by atoms with van der Waals surface area (Å²) in [5.41, 5.74) is -0.535. The standard InChI is InChI=1S/C19H20ClF2N3O3/c1-19(2)6-12(26)5-13(7-19)28-18(27)14-10-25(24-16(14)17(21)22)9-11-3-4-15(20)23-8-11/h3-5,8,10,12,17,26H,6-7,9H2,1-2H3. The van der Waals surface area contributed by atoms with Crippen LogP contribution in [0, 0.1) is 5.41 Å². The topological polar surface area (TPSA) is 77.2 Å². The molecule has 0 amide bonds. The number of carbonyl (C=O) groups is 1. The van der Waals surface area contributed by atoms with Gasteiger partial charge in [0.1, 0.15) is 22.2 Å². The monoisotopic (exact) mass is 411 g/mol. The van der Waals surface area contributed by atoms with E-state index < -0.39 is 24.2 Å². The summed E-state index contributed by atoms with van der Waals surface area (Å²) >= 11 is 5.73. The van der Waals surface area contributed by atoms with Crippen LogP contribution in [0.4, 0.5) is 8.78 Å². The third-order valence-corrected chi connectivity index (χ3v) is 4.59. The van der Waals surface area contributed by atoms with E-state index in [4.69, 9.17) is 16.3 Å². The summed E-state index contributed by atoms with van der Waals surface area (Å²) in [7, 11) is 0. The molecule has 0 spiro atoms. The van der Waals surface area contributed by atoms with Crippen molar-refractivity contribution in [2.45, 2.75) is 45.8 Å². The fourth-order valence-electron chi connectivity index (χ4n) is 3.21. The van der Waals surface area contributed by atoms with Crippen molar-refractivity contribution >= 4 is 17.6 Å². The molecule has 1 N–H and O–H groups in total. The summed E-state index contributed by atoms with van der Waals surface area (Å²) in [5, 5.41) is 14.0. The Labute approximate surface area is 165 Å². The van der Waals surface area contributed by atoms with Crippen molar-refractivity contribution in [1.29, 1.82) is 0 Å². The van der Waals surface area contributed by atoms with Gasteiger partial charge in [-0.3, -0.25) is 4.68 Å². The van der Waals surface area contributed by atoms with Gasteiger partial charge in [0.05, 0.1) is 12.6 Å². The molecular weight excluding hydrogens is 392 g/mol. The first-order chi connectivity index (χ1) is 13.1. The average Bonchev–Trinajstić information content (AvgIpc) is 2.99. The number of esters is 1. The van der Waals surface area contributed by atoms with Gasteiger partial charge in [-0.05, 0) is 29.5 Å². The second kappa shape index (κ2) is 7.97. The normalized spacial score (nSPS) is 18.8. The largest absolute Gasteiger partial charge is 0.428 e. The van der Waals surface area contributed by atoms with Crippen LogP contribution in [-0.4, -0.2) is 31.9 Å². The number of alkyl halides is 2. The average molecular weight is 412 g/mol. The van der Waals surface area contributed by atoms with Gasteiger partial charge in [-0.1, -0.05) is 31.5 Å². The third kappa shape index (κ3) is 4.94. The van der Waals surface area contributed by atoms with Crippen LogP contribution in [0.25, 0.3) is 0 Å². The molecule has 3 rings (SSSR count). The van der Waals surface area contributed by atoms with Gasteiger partial charge in [0.2, 0.25) is 0 Å². The second-order valence-electron chi connectivity index (χ2n) is 7.55. The van der Waals surface area contributed by atoms with Crippen LogP contribution in [0.15, 0.2) is 36.4 Å². The summed E-state index contributed by atoms with van der Waals surface area (Å²) in [6.45, 7) is 4.01.